The maximum absolute atomic E-state index is 14.2. The van der Waals surface area contributed by atoms with Crippen LogP contribution in [-0.2, 0) is 67.2 Å². The number of nitrogens with one attached hydrogen (secondary N) is 7. The fourth-order valence-corrected chi connectivity index (χ4v) is 7.63. The lowest BCUT2D eigenvalue weighted by Crippen LogP contribution is -2.62. The number of aliphatic carboxylic acids is 3. The third kappa shape index (κ3) is 20.8. The second-order valence-corrected chi connectivity index (χ2v) is 18.6. The van der Waals surface area contributed by atoms with Gasteiger partial charge < -0.3 is 68.5 Å². The van der Waals surface area contributed by atoms with E-state index in [4.69, 9.17) is 5.73 Å². The van der Waals surface area contributed by atoms with Crippen molar-refractivity contribution in [3.8, 4) is 5.75 Å². The number of aliphatic hydroxyl groups is 1. The summed E-state index contributed by atoms with van der Waals surface area (Å²) in [6.07, 6.45) is -4.05. The van der Waals surface area contributed by atoms with Crippen LogP contribution in [0.4, 0.5) is 0 Å². The van der Waals surface area contributed by atoms with Gasteiger partial charge in [0.25, 0.3) is 0 Å². The lowest BCUT2D eigenvalue weighted by Gasteiger charge is -2.30. The van der Waals surface area contributed by atoms with Crippen LogP contribution in [0.25, 0.3) is 0 Å². The molecule has 23 nitrogen and oxygen atoms in total. The molecule has 0 saturated carbocycles. The average Bonchev–Trinajstić information content (AvgIpc) is 3.36. The number of hydrogen-bond acceptors (Lipinski definition) is 13. The summed E-state index contributed by atoms with van der Waals surface area (Å²) in [6.45, 7) is 7.69. The van der Waals surface area contributed by atoms with Crippen LogP contribution in [0.2, 0.25) is 0 Å². The van der Waals surface area contributed by atoms with Crippen molar-refractivity contribution in [2.24, 2.45) is 17.6 Å². The van der Waals surface area contributed by atoms with E-state index in [-0.39, 0.29) is 31.4 Å². The first-order chi connectivity index (χ1) is 35.4. The molecule has 3 aromatic carbocycles. The predicted molar refractivity (Wildman–Crippen MR) is 271 cm³/mol. The molecule has 0 bridgehead atoms. The molecule has 0 heterocycles. The third-order valence-electron chi connectivity index (χ3n) is 12.2. The number of rotatable bonds is 31. The largest absolute Gasteiger partial charge is 0.508 e. The molecule has 7 amide bonds. The van der Waals surface area contributed by atoms with Gasteiger partial charge in [-0.1, -0.05) is 107 Å². The van der Waals surface area contributed by atoms with E-state index in [2.05, 4.69) is 37.2 Å². The van der Waals surface area contributed by atoms with Gasteiger partial charge in [0.1, 0.15) is 42.0 Å². The Balaban J connectivity index is 1.89. The van der Waals surface area contributed by atoms with Crippen molar-refractivity contribution in [2.45, 2.75) is 140 Å². The summed E-state index contributed by atoms with van der Waals surface area (Å²) in [6, 6.07) is 11.3. The fourth-order valence-electron chi connectivity index (χ4n) is 7.63. The number of carboxylic acids is 3. The molecule has 3 aromatic rings. The summed E-state index contributed by atoms with van der Waals surface area (Å²) >= 11 is 0. The van der Waals surface area contributed by atoms with Crippen LogP contribution in [0.5, 0.6) is 5.75 Å². The van der Waals surface area contributed by atoms with E-state index < -0.39 is 151 Å². The first-order valence-electron chi connectivity index (χ1n) is 24.5. The Morgan fingerprint density at radius 3 is 1.27 bits per heavy atom. The number of benzene rings is 3. The van der Waals surface area contributed by atoms with Crippen LogP contribution in [0.1, 0.15) is 83.4 Å². The number of carbonyl (C=O) groups excluding carboxylic acids is 7. The van der Waals surface area contributed by atoms with E-state index in [9.17, 15) is 73.5 Å². The van der Waals surface area contributed by atoms with Gasteiger partial charge in [0.15, 0.2) is 6.04 Å². The number of carboxylic acid groups (broad SMARTS) is 3. The maximum atomic E-state index is 14.2. The van der Waals surface area contributed by atoms with Crippen molar-refractivity contribution >= 4 is 59.3 Å². The van der Waals surface area contributed by atoms with E-state index in [1.54, 1.807) is 82.3 Å². The second kappa shape index (κ2) is 30.3. The summed E-state index contributed by atoms with van der Waals surface area (Å²) < 4.78 is 0. The van der Waals surface area contributed by atoms with Gasteiger partial charge in [0.2, 0.25) is 41.4 Å². The highest BCUT2D eigenvalue weighted by atomic mass is 16.4. The Morgan fingerprint density at radius 2 is 0.840 bits per heavy atom. The van der Waals surface area contributed by atoms with Gasteiger partial charge in [0.05, 0.1) is 12.1 Å². The van der Waals surface area contributed by atoms with Gasteiger partial charge in [-0.05, 0) is 66.8 Å². The van der Waals surface area contributed by atoms with Crippen molar-refractivity contribution in [2.75, 3.05) is 0 Å². The minimum atomic E-state index is -1.83. The van der Waals surface area contributed by atoms with Crippen LogP contribution in [0.3, 0.4) is 0 Å². The minimum Gasteiger partial charge on any atom is -0.508 e. The Labute approximate surface area is 434 Å². The number of aliphatic hydroxyl groups excluding tert-OH is 1. The van der Waals surface area contributed by atoms with E-state index in [0.29, 0.717) is 11.1 Å². The standard InChI is InChI=1S/C52H70N8O15/c1-6-29(4)43(59-50(72)42(28(2)3)58-48(70)38(26-32-15-11-8-12-16-32)56-45(67)35(53)25-31-13-9-7-10-14-31)51(73)55-37(22-24-41(65)66)46(68)54-36(21-23-40(63)64)47(69)57-39(27-33-17-19-34(62)20-18-33)49(71)60-44(30(5)61)52(74)75/h7-20,28-30,35-39,42-44,61-62H,6,21-27,53H2,1-5H3,(H,54,68)(H,55,73)(H,56,67)(H,57,69)(H,58,70)(H,59,72)(H,60,71)(H,63,64)(H,65,66)(H,74,75)/t29-,30+,35-,36-,37-,38-,39-,42-,43-,44-/m0/s1. The van der Waals surface area contributed by atoms with Crippen LogP contribution in [-0.4, -0.2) is 139 Å². The second-order valence-electron chi connectivity index (χ2n) is 18.6. The molecule has 0 unspecified atom stereocenters. The number of amides is 7. The summed E-state index contributed by atoms with van der Waals surface area (Å²) in [4.78, 5) is 133. The van der Waals surface area contributed by atoms with Crippen LogP contribution < -0.4 is 43.0 Å². The first kappa shape index (κ1) is 61.4. The van der Waals surface area contributed by atoms with Crippen molar-refractivity contribution in [1.82, 2.24) is 37.2 Å². The van der Waals surface area contributed by atoms with Crippen molar-refractivity contribution in [3.63, 3.8) is 0 Å². The Hall–Kier alpha value is -7.92. The molecular weight excluding hydrogens is 977 g/mol. The molecule has 0 spiro atoms. The van der Waals surface area contributed by atoms with Crippen molar-refractivity contribution in [1.29, 1.82) is 0 Å². The van der Waals surface area contributed by atoms with Gasteiger partial charge in [-0.2, -0.15) is 0 Å². The third-order valence-corrected chi connectivity index (χ3v) is 12.2. The summed E-state index contributed by atoms with van der Waals surface area (Å²) in [5.74, 6) is -12.4. The highest BCUT2D eigenvalue weighted by Crippen LogP contribution is 2.15. The highest BCUT2D eigenvalue weighted by Gasteiger charge is 2.37. The van der Waals surface area contributed by atoms with Crippen LogP contribution in [0.15, 0.2) is 84.9 Å². The number of nitrogens with two attached hydrogens (primary N) is 1. The van der Waals surface area contributed by atoms with E-state index in [1.807, 2.05) is 6.07 Å². The normalized spacial score (nSPS) is 15.1. The zero-order valence-corrected chi connectivity index (χ0v) is 42.5. The molecule has 75 heavy (non-hydrogen) atoms. The van der Waals surface area contributed by atoms with Gasteiger partial charge in [0, 0.05) is 25.7 Å². The smallest absolute Gasteiger partial charge is 0.328 e. The van der Waals surface area contributed by atoms with Gasteiger partial charge in [-0.3, -0.25) is 43.2 Å². The topological polar surface area (TPSA) is 382 Å². The van der Waals surface area contributed by atoms with Gasteiger partial charge >= 0.3 is 17.9 Å². The number of phenols is 1. The highest BCUT2D eigenvalue weighted by molar-refractivity contribution is 5.98. The van der Waals surface area contributed by atoms with E-state index in [1.165, 1.54) is 24.3 Å². The fraction of sp³-hybridized carbons (Fsp3) is 0.462. The Kier molecular flexibility index (Phi) is 24.8. The molecule has 0 fully saturated rings. The molecule has 408 valence electrons. The number of phenolic OH excluding ortho intramolecular Hbond substituents is 1. The lowest BCUT2D eigenvalue weighted by atomic mass is 9.95. The summed E-state index contributed by atoms with van der Waals surface area (Å²) in [7, 11) is 0. The molecular formula is C52H70N8O15. The zero-order valence-electron chi connectivity index (χ0n) is 42.5. The Bertz CT molecular complexity index is 2420. The molecule has 10 atom stereocenters. The summed E-state index contributed by atoms with van der Waals surface area (Å²) in [5, 5.41) is 66.0. The number of hydrogen-bond donors (Lipinski definition) is 13. The minimum absolute atomic E-state index is 0.0202. The maximum Gasteiger partial charge on any atom is 0.328 e. The monoisotopic (exact) mass is 1050 g/mol. The molecule has 0 aliphatic carbocycles. The molecule has 0 aromatic heterocycles. The van der Waals surface area contributed by atoms with Crippen molar-refractivity contribution < 1.29 is 73.5 Å². The summed E-state index contributed by atoms with van der Waals surface area (Å²) in [5.41, 5.74) is 8.09. The lowest BCUT2D eigenvalue weighted by molar-refractivity contribution is -0.145. The average molecular weight is 1050 g/mol. The van der Waals surface area contributed by atoms with Crippen LogP contribution >= 0.6 is 0 Å². The van der Waals surface area contributed by atoms with Crippen LogP contribution in [0, 0.1) is 11.8 Å². The van der Waals surface area contributed by atoms with Gasteiger partial charge in [-0.15, -0.1) is 0 Å². The number of carbonyl (C=O) groups is 10. The molecule has 0 saturated heterocycles. The molecule has 0 radical (unpaired) electrons. The molecule has 0 aliphatic heterocycles. The molecule has 23 heteroatoms. The predicted octanol–water partition coefficient (Wildman–Crippen LogP) is 0.0381. The Morgan fingerprint density at radius 1 is 0.467 bits per heavy atom. The quantitative estimate of drug-likeness (QED) is 0.0405. The van der Waals surface area contributed by atoms with E-state index >= 15 is 0 Å². The molecule has 14 N–H and O–H groups in total. The van der Waals surface area contributed by atoms with E-state index in [0.717, 1.165) is 12.5 Å². The first-order valence-corrected chi connectivity index (χ1v) is 24.5. The SMILES string of the molecule is CC[C@H](C)[C@H](NC(=O)[C@@H](NC(=O)[C@H](Cc1ccccc1)NC(=O)[C@@H](N)Cc1ccccc1)C(C)C)C(=O)N[C@@H](CCC(=O)O)C(=O)N[C@@H](CCC(=O)O)C(=O)N[C@@H](Cc1ccc(O)cc1)C(=O)N[C@H](C(=O)O)[C@@H](C)O. The number of aromatic hydroxyl groups is 1. The van der Waals surface area contributed by atoms with Crippen molar-refractivity contribution in [3.05, 3.63) is 102 Å². The molecule has 3 rings (SSSR count). The zero-order chi connectivity index (χ0) is 55.9. The van der Waals surface area contributed by atoms with Gasteiger partial charge in [-0.25, -0.2) is 4.79 Å². The molecule has 0 aliphatic rings.